The van der Waals surface area contributed by atoms with Crippen molar-refractivity contribution >= 4 is 43.9 Å². The molecule has 2 N–H and O–H groups in total. The fourth-order valence-electron chi connectivity index (χ4n) is 4.05. The number of anilines is 1. The molecule has 0 fully saturated rings. The van der Waals surface area contributed by atoms with Crippen molar-refractivity contribution in [3.05, 3.63) is 103 Å². The average Bonchev–Trinajstić information content (AvgIpc) is 3.58. The maximum atomic E-state index is 13.5. The Bertz CT molecular complexity index is 1560. The lowest BCUT2D eigenvalue weighted by atomic mass is 10.0. The van der Waals surface area contributed by atoms with Crippen molar-refractivity contribution in [2.45, 2.75) is 0 Å². The third-order valence-electron chi connectivity index (χ3n) is 5.62. The summed E-state index contributed by atoms with van der Waals surface area (Å²) in [7, 11) is 0. The topological polar surface area (TPSA) is 58.0 Å². The fraction of sp³-hybridized carbons (Fsp3) is 0. The van der Waals surface area contributed by atoms with Crippen molar-refractivity contribution in [3.8, 4) is 21.6 Å². The van der Waals surface area contributed by atoms with E-state index in [1.54, 1.807) is 23.9 Å². The molecule has 0 aliphatic carbocycles. The third kappa shape index (κ3) is 3.20. The number of furan rings is 1. The van der Waals surface area contributed by atoms with Crippen LogP contribution in [0, 0.1) is 0 Å². The van der Waals surface area contributed by atoms with Crippen LogP contribution in [0.15, 0.2) is 102 Å². The van der Waals surface area contributed by atoms with Crippen LogP contribution < -0.4 is 5.32 Å². The van der Waals surface area contributed by atoms with E-state index in [2.05, 4.69) is 34.6 Å². The first kappa shape index (κ1) is 18.7. The number of fused-ring (bicyclic) bond motifs is 2. The smallest absolute Gasteiger partial charge is 0.257 e. The van der Waals surface area contributed by atoms with Gasteiger partial charge in [0.1, 0.15) is 0 Å². The van der Waals surface area contributed by atoms with Gasteiger partial charge in [0.25, 0.3) is 5.91 Å². The number of H-pyrrole nitrogens is 1. The van der Waals surface area contributed by atoms with Gasteiger partial charge in [0, 0.05) is 38.4 Å². The van der Waals surface area contributed by atoms with Gasteiger partial charge in [-0.2, -0.15) is 0 Å². The van der Waals surface area contributed by atoms with Gasteiger partial charge in [-0.25, -0.2) is 0 Å². The largest absolute Gasteiger partial charge is 0.472 e. The Hall–Kier alpha value is -4.09. The predicted octanol–water partition coefficient (Wildman–Crippen LogP) is 7.56. The lowest BCUT2D eigenvalue weighted by molar-refractivity contribution is 0.102. The Balaban J connectivity index is 1.46. The minimum absolute atomic E-state index is 0.130. The highest BCUT2D eigenvalue weighted by molar-refractivity contribution is 7.22. The molecule has 6 aromatic rings. The van der Waals surface area contributed by atoms with E-state index < -0.39 is 0 Å². The molecule has 0 saturated carbocycles. The lowest BCUT2D eigenvalue weighted by Gasteiger charge is -2.07. The van der Waals surface area contributed by atoms with Crippen LogP contribution in [0.2, 0.25) is 0 Å². The molecule has 3 aromatic heterocycles. The van der Waals surface area contributed by atoms with Crippen molar-refractivity contribution in [2.75, 3.05) is 5.32 Å². The van der Waals surface area contributed by atoms with E-state index in [0.717, 1.165) is 48.2 Å². The summed E-state index contributed by atoms with van der Waals surface area (Å²) in [5.74, 6) is -0.130. The van der Waals surface area contributed by atoms with Crippen LogP contribution in [0.1, 0.15) is 10.4 Å². The second-order valence-electron chi connectivity index (χ2n) is 7.63. The van der Waals surface area contributed by atoms with Crippen molar-refractivity contribution in [3.63, 3.8) is 0 Å². The number of nitrogens with one attached hydrogen (secondary N) is 2. The first-order valence-electron chi connectivity index (χ1n) is 10.3. The second kappa shape index (κ2) is 7.55. The molecule has 0 aliphatic rings. The summed E-state index contributed by atoms with van der Waals surface area (Å²) in [6.07, 6.45) is 5.21. The normalized spacial score (nSPS) is 11.2. The summed E-state index contributed by atoms with van der Waals surface area (Å²) >= 11 is 1.61. The summed E-state index contributed by atoms with van der Waals surface area (Å²) < 4.78 is 6.39. The standard InChI is InChI=1S/C27H18N2O2S/c30-27(29-21-7-9-23-19(14-21)10-12-28-23)25-22-8-6-18(17-4-2-1-3-5-17)15-24(22)32-26(25)20-11-13-31-16-20/h1-16,28H,(H,29,30). The third-order valence-corrected chi connectivity index (χ3v) is 6.82. The molecule has 6 rings (SSSR count). The fourth-order valence-corrected chi connectivity index (χ4v) is 5.28. The molecule has 0 bridgehead atoms. The van der Waals surface area contributed by atoms with Crippen LogP contribution in [0.3, 0.4) is 0 Å². The van der Waals surface area contributed by atoms with Gasteiger partial charge in [0.2, 0.25) is 0 Å². The van der Waals surface area contributed by atoms with Crippen molar-refractivity contribution in [2.24, 2.45) is 0 Å². The van der Waals surface area contributed by atoms with Gasteiger partial charge in [-0.15, -0.1) is 11.3 Å². The maximum Gasteiger partial charge on any atom is 0.257 e. The summed E-state index contributed by atoms with van der Waals surface area (Å²) in [6, 6.07) is 26.3. The highest BCUT2D eigenvalue weighted by Crippen LogP contribution is 2.41. The number of amides is 1. The number of carbonyl (C=O) groups excluding carboxylic acids is 1. The molecule has 1 amide bonds. The van der Waals surface area contributed by atoms with Gasteiger partial charge in [0.05, 0.1) is 23.0 Å². The van der Waals surface area contributed by atoms with E-state index in [1.165, 1.54) is 0 Å². The summed E-state index contributed by atoms with van der Waals surface area (Å²) in [6.45, 7) is 0. The van der Waals surface area contributed by atoms with Crippen LogP contribution in [0.5, 0.6) is 0 Å². The Labute approximate surface area is 188 Å². The molecule has 3 heterocycles. The number of rotatable bonds is 4. The van der Waals surface area contributed by atoms with Gasteiger partial charge in [-0.05, 0) is 47.5 Å². The Morgan fingerprint density at radius 1 is 0.875 bits per heavy atom. The summed E-state index contributed by atoms with van der Waals surface area (Å²) in [5.41, 5.74) is 5.65. The molecule has 154 valence electrons. The zero-order chi connectivity index (χ0) is 21.5. The van der Waals surface area contributed by atoms with E-state index in [9.17, 15) is 4.79 Å². The summed E-state index contributed by atoms with van der Waals surface area (Å²) in [4.78, 5) is 17.6. The molecule has 0 atom stereocenters. The SMILES string of the molecule is O=C(Nc1ccc2[nH]ccc2c1)c1c(-c2ccoc2)sc2cc(-c3ccccc3)ccc12. The zero-order valence-corrected chi connectivity index (χ0v) is 17.8. The maximum absolute atomic E-state index is 13.5. The van der Waals surface area contributed by atoms with Crippen LogP contribution >= 0.6 is 11.3 Å². The van der Waals surface area contributed by atoms with E-state index >= 15 is 0 Å². The predicted molar refractivity (Wildman–Crippen MR) is 131 cm³/mol. The van der Waals surface area contributed by atoms with Crippen molar-refractivity contribution in [1.29, 1.82) is 0 Å². The molecule has 5 heteroatoms. The number of aromatic amines is 1. The van der Waals surface area contributed by atoms with Crippen LogP contribution in [-0.2, 0) is 0 Å². The molecular formula is C27H18N2O2S. The lowest BCUT2D eigenvalue weighted by Crippen LogP contribution is -2.12. The number of benzene rings is 3. The second-order valence-corrected chi connectivity index (χ2v) is 8.68. The molecule has 3 aromatic carbocycles. The Morgan fingerprint density at radius 2 is 1.78 bits per heavy atom. The Morgan fingerprint density at radius 3 is 2.62 bits per heavy atom. The number of hydrogen-bond acceptors (Lipinski definition) is 3. The molecule has 4 nitrogen and oxygen atoms in total. The molecule has 0 spiro atoms. The molecular weight excluding hydrogens is 416 g/mol. The molecule has 32 heavy (non-hydrogen) atoms. The van der Waals surface area contributed by atoms with E-state index in [4.69, 9.17) is 4.42 Å². The van der Waals surface area contributed by atoms with Gasteiger partial charge in [0.15, 0.2) is 0 Å². The van der Waals surface area contributed by atoms with Gasteiger partial charge in [-0.1, -0.05) is 42.5 Å². The van der Waals surface area contributed by atoms with Crippen LogP contribution in [0.25, 0.3) is 42.6 Å². The van der Waals surface area contributed by atoms with Gasteiger partial charge in [-0.3, -0.25) is 4.79 Å². The van der Waals surface area contributed by atoms with Crippen LogP contribution in [-0.4, -0.2) is 10.9 Å². The first-order valence-corrected chi connectivity index (χ1v) is 11.1. The minimum Gasteiger partial charge on any atom is -0.472 e. The zero-order valence-electron chi connectivity index (χ0n) is 17.0. The minimum atomic E-state index is -0.130. The van der Waals surface area contributed by atoms with Gasteiger partial charge >= 0.3 is 0 Å². The average molecular weight is 435 g/mol. The van der Waals surface area contributed by atoms with Gasteiger partial charge < -0.3 is 14.7 Å². The Kier molecular flexibility index (Phi) is 4.40. The van der Waals surface area contributed by atoms with Crippen molar-refractivity contribution < 1.29 is 9.21 Å². The quantitative estimate of drug-likeness (QED) is 0.301. The van der Waals surface area contributed by atoms with Crippen LogP contribution in [0.4, 0.5) is 5.69 Å². The highest BCUT2D eigenvalue weighted by atomic mass is 32.1. The summed E-state index contributed by atoms with van der Waals surface area (Å²) in [5, 5.41) is 5.08. The van der Waals surface area contributed by atoms with Crippen molar-refractivity contribution in [1.82, 2.24) is 4.98 Å². The van der Waals surface area contributed by atoms with E-state index in [-0.39, 0.29) is 5.91 Å². The highest BCUT2D eigenvalue weighted by Gasteiger charge is 2.21. The number of carbonyl (C=O) groups is 1. The van der Waals surface area contributed by atoms with E-state index in [1.807, 2.05) is 60.8 Å². The number of hydrogen-bond donors (Lipinski definition) is 2. The molecule has 0 radical (unpaired) electrons. The molecule has 0 saturated heterocycles. The first-order chi connectivity index (χ1) is 15.8. The number of aromatic nitrogens is 1. The number of thiophene rings is 1. The van der Waals surface area contributed by atoms with E-state index in [0.29, 0.717) is 5.56 Å². The molecule has 0 unspecified atom stereocenters. The molecule has 0 aliphatic heterocycles. The monoisotopic (exact) mass is 434 g/mol.